The van der Waals surface area contributed by atoms with Gasteiger partial charge in [0.1, 0.15) is 6.23 Å². The first-order valence-electron chi connectivity index (χ1n) is 12.4. The highest BCUT2D eigenvalue weighted by atomic mass is 16.3. The molecular formula is C33H32N2O2. The van der Waals surface area contributed by atoms with Crippen molar-refractivity contribution in [1.29, 1.82) is 5.26 Å². The van der Waals surface area contributed by atoms with Crippen LogP contribution in [0.15, 0.2) is 114 Å². The Morgan fingerprint density at radius 2 is 1.73 bits per heavy atom. The van der Waals surface area contributed by atoms with E-state index < -0.39 is 6.23 Å². The van der Waals surface area contributed by atoms with Gasteiger partial charge in [0.15, 0.2) is 0 Å². The van der Waals surface area contributed by atoms with E-state index in [1.165, 1.54) is 5.57 Å². The molecule has 0 amide bonds. The number of aliphatic hydroxyl groups excluding tert-OH is 2. The first-order valence-corrected chi connectivity index (χ1v) is 12.4. The van der Waals surface area contributed by atoms with Crippen molar-refractivity contribution in [3.63, 3.8) is 0 Å². The van der Waals surface area contributed by atoms with E-state index in [1.54, 1.807) is 0 Å². The van der Waals surface area contributed by atoms with Gasteiger partial charge in [-0.05, 0) is 76.4 Å². The maximum Gasteiger partial charge on any atom is 0.125 e. The van der Waals surface area contributed by atoms with Crippen LogP contribution in [0.2, 0.25) is 0 Å². The number of nitrogens with two attached hydrogens (primary N) is 1. The fourth-order valence-corrected chi connectivity index (χ4v) is 4.89. The van der Waals surface area contributed by atoms with Crippen molar-refractivity contribution in [2.45, 2.75) is 26.0 Å². The molecule has 1 aliphatic carbocycles. The fourth-order valence-electron chi connectivity index (χ4n) is 4.89. The second-order valence-corrected chi connectivity index (χ2v) is 9.39. The number of allylic oxidation sites excluding steroid dienone is 6. The average molecular weight is 489 g/mol. The standard InChI is InChI=1S/C33H32N2O2/c1-23-16-25(19-26(17-23)21-34)18-24(22-36)12-14-30(28-10-6-3-7-11-28)32-20-29(13-15-31(32)33(35)37)27-8-4-2-5-9-27/h2-17,19,32-33,36-37H,18,20,22,35H2,1H3/b24-12-,30-14-/t32?,33-/m1/s1. The highest BCUT2D eigenvalue weighted by molar-refractivity contribution is 5.78. The SMILES string of the molecule is Cc1cc(C#N)cc(C/C(=C/C=C(/c2ccccc2)C2CC(c3ccccc3)=CC=C2[C@H](N)O)CO)c1. The predicted molar refractivity (Wildman–Crippen MR) is 150 cm³/mol. The number of benzene rings is 3. The van der Waals surface area contributed by atoms with Crippen LogP contribution in [0.5, 0.6) is 0 Å². The van der Waals surface area contributed by atoms with Crippen LogP contribution in [-0.4, -0.2) is 23.0 Å². The molecule has 1 aliphatic rings. The third kappa shape index (κ3) is 6.61. The minimum atomic E-state index is -1.08. The second kappa shape index (κ2) is 12.3. The van der Waals surface area contributed by atoms with Crippen molar-refractivity contribution >= 4 is 11.1 Å². The van der Waals surface area contributed by atoms with Gasteiger partial charge in [0.2, 0.25) is 0 Å². The zero-order chi connectivity index (χ0) is 26.2. The number of nitrogens with zero attached hydrogens (tertiary/aromatic N) is 1. The van der Waals surface area contributed by atoms with Crippen LogP contribution < -0.4 is 5.73 Å². The Bertz CT molecular complexity index is 1390. The molecule has 0 bridgehead atoms. The molecule has 0 radical (unpaired) electrons. The summed E-state index contributed by atoms with van der Waals surface area (Å²) in [6.45, 7) is 1.86. The monoisotopic (exact) mass is 488 g/mol. The molecule has 0 fully saturated rings. The lowest BCUT2D eigenvalue weighted by Gasteiger charge is -2.29. The van der Waals surface area contributed by atoms with Gasteiger partial charge in [0.05, 0.1) is 18.2 Å². The predicted octanol–water partition coefficient (Wildman–Crippen LogP) is 5.72. The minimum Gasteiger partial charge on any atom is -0.392 e. The van der Waals surface area contributed by atoms with Gasteiger partial charge >= 0.3 is 0 Å². The second-order valence-electron chi connectivity index (χ2n) is 9.39. The van der Waals surface area contributed by atoms with Crippen molar-refractivity contribution in [3.05, 3.63) is 142 Å². The van der Waals surface area contributed by atoms with E-state index in [9.17, 15) is 15.5 Å². The fraction of sp³-hybridized carbons (Fsp3) is 0.182. The number of hydrogen-bond acceptors (Lipinski definition) is 4. The Labute approximate surface area is 219 Å². The van der Waals surface area contributed by atoms with Crippen LogP contribution in [-0.2, 0) is 6.42 Å². The molecule has 0 saturated carbocycles. The first-order chi connectivity index (χ1) is 18.0. The molecule has 0 aliphatic heterocycles. The molecule has 3 aromatic carbocycles. The van der Waals surface area contributed by atoms with Gasteiger partial charge < -0.3 is 15.9 Å². The Balaban J connectivity index is 1.74. The molecule has 37 heavy (non-hydrogen) atoms. The van der Waals surface area contributed by atoms with Gasteiger partial charge in [-0.2, -0.15) is 5.26 Å². The lowest BCUT2D eigenvalue weighted by Crippen LogP contribution is -2.28. The maximum atomic E-state index is 10.5. The van der Waals surface area contributed by atoms with Crippen LogP contribution in [0, 0.1) is 24.2 Å². The largest absolute Gasteiger partial charge is 0.392 e. The van der Waals surface area contributed by atoms with Gasteiger partial charge in [-0.15, -0.1) is 0 Å². The summed E-state index contributed by atoms with van der Waals surface area (Å²) in [6, 6.07) is 28.3. The quantitative estimate of drug-likeness (QED) is 0.279. The van der Waals surface area contributed by atoms with Crippen LogP contribution in [0.25, 0.3) is 11.1 Å². The third-order valence-electron chi connectivity index (χ3n) is 6.67. The van der Waals surface area contributed by atoms with Crippen molar-refractivity contribution < 1.29 is 10.2 Å². The Hall–Kier alpha value is -4.01. The number of nitriles is 1. The van der Waals surface area contributed by atoms with Crippen LogP contribution >= 0.6 is 0 Å². The molecule has 0 heterocycles. The molecular weight excluding hydrogens is 456 g/mol. The van der Waals surface area contributed by atoms with Gasteiger partial charge in [-0.3, -0.25) is 0 Å². The minimum absolute atomic E-state index is 0.101. The van der Waals surface area contributed by atoms with Gasteiger partial charge in [0, 0.05) is 5.92 Å². The van der Waals surface area contributed by atoms with Crippen LogP contribution in [0.3, 0.4) is 0 Å². The van der Waals surface area contributed by atoms with Crippen molar-refractivity contribution in [2.75, 3.05) is 6.61 Å². The lowest BCUT2D eigenvalue weighted by atomic mass is 9.77. The smallest absolute Gasteiger partial charge is 0.125 e. The van der Waals surface area contributed by atoms with Gasteiger partial charge in [-0.25, -0.2) is 0 Å². The summed E-state index contributed by atoms with van der Waals surface area (Å²) in [5.74, 6) is -0.136. The van der Waals surface area contributed by atoms with Crippen molar-refractivity contribution in [1.82, 2.24) is 0 Å². The highest BCUT2D eigenvalue weighted by Crippen LogP contribution is 2.40. The Morgan fingerprint density at radius 1 is 1.03 bits per heavy atom. The van der Waals surface area contributed by atoms with E-state index >= 15 is 0 Å². The average Bonchev–Trinajstić information content (AvgIpc) is 2.93. The molecule has 2 atom stereocenters. The van der Waals surface area contributed by atoms with E-state index in [4.69, 9.17) is 5.73 Å². The van der Waals surface area contributed by atoms with E-state index in [0.717, 1.165) is 39.0 Å². The number of hydrogen-bond donors (Lipinski definition) is 3. The van der Waals surface area contributed by atoms with E-state index in [2.05, 4.69) is 30.3 Å². The molecule has 186 valence electrons. The van der Waals surface area contributed by atoms with Gasteiger partial charge in [0.25, 0.3) is 0 Å². The summed E-state index contributed by atoms with van der Waals surface area (Å²) in [4.78, 5) is 0. The highest BCUT2D eigenvalue weighted by Gasteiger charge is 2.27. The molecule has 3 aromatic rings. The summed E-state index contributed by atoms with van der Waals surface area (Å²) in [6.07, 6.45) is 8.12. The van der Waals surface area contributed by atoms with Gasteiger partial charge in [-0.1, -0.05) is 91.0 Å². The summed E-state index contributed by atoms with van der Waals surface area (Å²) >= 11 is 0. The molecule has 4 N–H and O–H groups in total. The first kappa shape index (κ1) is 26.1. The van der Waals surface area contributed by atoms with Crippen molar-refractivity contribution in [3.8, 4) is 6.07 Å². The number of aliphatic hydroxyl groups is 2. The molecule has 1 unspecified atom stereocenters. The zero-order valence-corrected chi connectivity index (χ0v) is 21.0. The van der Waals surface area contributed by atoms with E-state index in [-0.39, 0.29) is 12.5 Å². The molecule has 4 heteroatoms. The van der Waals surface area contributed by atoms with Crippen LogP contribution in [0.1, 0.15) is 34.2 Å². The summed E-state index contributed by atoms with van der Waals surface area (Å²) in [7, 11) is 0. The zero-order valence-electron chi connectivity index (χ0n) is 21.0. The summed E-state index contributed by atoms with van der Waals surface area (Å²) in [5.41, 5.74) is 14.6. The molecule has 0 saturated heterocycles. The van der Waals surface area contributed by atoms with E-state index in [0.29, 0.717) is 18.4 Å². The summed E-state index contributed by atoms with van der Waals surface area (Å²) in [5, 5.41) is 30.0. The molecule has 0 spiro atoms. The molecule has 4 nitrogen and oxygen atoms in total. The number of rotatable bonds is 8. The normalized spacial score (nSPS) is 17.0. The van der Waals surface area contributed by atoms with Crippen LogP contribution in [0.4, 0.5) is 0 Å². The molecule has 0 aromatic heterocycles. The number of aryl methyl sites for hydroxylation is 1. The molecule has 4 rings (SSSR count). The Morgan fingerprint density at radius 3 is 2.38 bits per heavy atom. The maximum absolute atomic E-state index is 10.5. The van der Waals surface area contributed by atoms with Crippen molar-refractivity contribution in [2.24, 2.45) is 11.7 Å². The van der Waals surface area contributed by atoms with E-state index in [1.807, 2.05) is 85.8 Å². The topological polar surface area (TPSA) is 90.3 Å². The summed E-state index contributed by atoms with van der Waals surface area (Å²) < 4.78 is 0. The third-order valence-corrected chi connectivity index (χ3v) is 6.67. The Kier molecular flexibility index (Phi) is 8.66. The lowest BCUT2D eigenvalue weighted by molar-refractivity contribution is 0.209.